The number of aldehydes is 1. The zero-order chi connectivity index (χ0) is 18.0. The number of thiocarbonyl (C=S) groups is 1. The second kappa shape index (κ2) is 10.1. The summed E-state index contributed by atoms with van der Waals surface area (Å²) >= 11 is 6.68. The van der Waals surface area contributed by atoms with Gasteiger partial charge in [0, 0.05) is 6.42 Å². The molecule has 0 radical (unpaired) electrons. The van der Waals surface area contributed by atoms with Gasteiger partial charge in [-0.2, -0.15) is 5.26 Å². The molecule has 0 heterocycles. The molecule has 0 saturated carbocycles. The van der Waals surface area contributed by atoms with E-state index in [1.807, 2.05) is 26.0 Å². The zero-order valence-electron chi connectivity index (χ0n) is 13.6. The summed E-state index contributed by atoms with van der Waals surface area (Å²) in [5.41, 5.74) is 0.853. The van der Waals surface area contributed by atoms with Crippen molar-refractivity contribution in [2.24, 2.45) is 0 Å². The molecule has 0 aromatic heterocycles. The van der Waals surface area contributed by atoms with E-state index in [2.05, 4.69) is 6.07 Å². The van der Waals surface area contributed by atoms with Crippen molar-refractivity contribution in [3.63, 3.8) is 0 Å². The Morgan fingerprint density at radius 3 is 2.58 bits per heavy atom. The minimum Gasteiger partial charge on any atom is -0.490 e. The van der Waals surface area contributed by atoms with Crippen LogP contribution in [-0.2, 0) is 14.3 Å². The van der Waals surface area contributed by atoms with Gasteiger partial charge in [-0.1, -0.05) is 24.0 Å². The van der Waals surface area contributed by atoms with Gasteiger partial charge in [0.2, 0.25) is 0 Å². The van der Waals surface area contributed by atoms with E-state index in [1.54, 1.807) is 12.1 Å². The van der Waals surface area contributed by atoms with Crippen molar-refractivity contribution in [2.75, 3.05) is 13.2 Å². The van der Waals surface area contributed by atoms with E-state index in [0.717, 1.165) is 5.56 Å². The SMILES string of the molecule is CC(C)(C#N)SC(=S)c1ccc(OCCOC(=O)CCC=O)cc1. The van der Waals surface area contributed by atoms with Crippen molar-refractivity contribution >= 4 is 40.4 Å². The van der Waals surface area contributed by atoms with Crippen LogP contribution in [0.25, 0.3) is 0 Å². The molecule has 1 rings (SSSR count). The lowest BCUT2D eigenvalue weighted by Gasteiger charge is -2.15. The number of benzene rings is 1. The maximum absolute atomic E-state index is 11.2. The molecular formula is C17H19NO4S2. The molecule has 1 aromatic rings. The number of carbonyl (C=O) groups is 2. The van der Waals surface area contributed by atoms with Gasteiger partial charge in [0.05, 0.1) is 16.7 Å². The molecule has 0 fully saturated rings. The van der Waals surface area contributed by atoms with Crippen LogP contribution < -0.4 is 4.74 Å². The van der Waals surface area contributed by atoms with Crippen molar-refractivity contribution in [1.29, 1.82) is 5.26 Å². The van der Waals surface area contributed by atoms with Crippen molar-refractivity contribution in [3.8, 4) is 11.8 Å². The molecule has 0 spiro atoms. The van der Waals surface area contributed by atoms with E-state index in [1.165, 1.54) is 11.8 Å². The minimum absolute atomic E-state index is 0.0896. The lowest BCUT2D eigenvalue weighted by atomic mass is 10.2. The Hall–Kier alpha value is -1.91. The first-order chi connectivity index (χ1) is 11.4. The fourth-order valence-corrected chi connectivity index (χ4v) is 3.09. The van der Waals surface area contributed by atoms with E-state index >= 15 is 0 Å². The molecule has 0 aliphatic rings. The fourth-order valence-electron chi connectivity index (χ4n) is 1.56. The molecular weight excluding hydrogens is 346 g/mol. The largest absolute Gasteiger partial charge is 0.490 e. The average molecular weight is 365 g/mol. The number of hydrogen-bond acceptors (Lipinski definition) is 7. The smallest absolute Gasteiger partial charge is 0.306 e. The first kappa shape index (κ1) is 20.1. The van der Waals surface area contributed by atoms with Gasteiger partial charge in [-0.3, -0.25) is 4.79 Å². The standard InChI is InChI=1S/C17H19NO4S2/c1-17(2,12-18)24-16(23)13-5-7-14(8-6-13)21-10-11-22-15(20)4-3-9-19/h5-9H,3-4,10-11H2,1-2H3. The lowest BCUT2D eigenvalue weighted by Crippen LogP contribution is -2.14. The van der Waals surface area contributed by atoms with Crippen LogP contribution in [0.4, 0.5) is 0 Å². The summed E-state index contributed by atoms with van der Waals surface area (Å²) in [4.78, 5) is 21.3. The highest BCUT2D eigenvalue weighted by molar-refractivity contribution is 8.24. The van der Waals surface area contributed by atoms with Crippen LogP contribution in [0.1, 0.15) is 32.3 Å². The Bertz CT molecular complexity index is 620. The predicted molar refractivity (Wildman–Crippen MR) is 97.2 cm³/mol. The number of hydrogen-bond donors (Lipinski definition) is 0. The molecule has 7 heteroatoms. The van der Waals surface area contributed by atoms with Gasteiger partial charge in [0.25, 0.3) is 0 Å². The van der Waals surface area contributed by atoms with E-state index < -0.39 is 10.7 Å². The molecule has 0 N–H and O–H groups in total. The molecule has 1 aromatic carbocycles. The van der Waals surface area contributed by atoms with Crippen molar-refractivity contribution in [3.05, 3.63) is 29.8 Å². The molecule has 0 aliphatic carbocycles. The van der Waals surface area contributed by atoms with Crippen molar-refractivity contribution in [2.45, 2.75) is 31.4 Å². The predicted octanol–water partition coefficient (Wildman–Crippen LogP) is 3.30. The monoisotopic (exact) mass is 365 g/mol. The van der Waals surface area contributed by atoms with Crippen LogP contribution in [0.15, 0.2) is 24.3 Å². The first-order valence-corrected chi connectivity index (χ1v) is 8.57. The zero-order valence-corrected chi connectivity index (χ0v) is 15.2. The Labute approximate surface area is 151 Å². The van der Waals surface area contributed by atoms with Gasteiger partial charge in [-0.25, -0.2) is 0 Å². The number of nitriles is 1. The second-order valence-electron chi connectivity index (χ2n) is 5.31. The Kier molecular flexibility index (Phi) is 8.44. The van der Waals surface area contributed by atoms with Gasteiger partial charge in [-0.05, 0) is 43.7 Å². The Morgan fingerprint density at radius 1 is 1.33 bits per heavy atom. The summed E-state index contributed by atoms with van der Waals surface area (Å²) in [7, 11) is 0. The number of carbonyl (C=O) groups excluding carboxylic acids is 2. The highest BCUT2D eigenvalue weighted by Gasteiger charge is 2.20. The van der Waals surface area contributed by atoms with E-state index in [0.29, 0.717) is 16.2 Å². The van der Waals surface area contributed by atoms with Crippen molar-refractivity contribution in [1.82, 2.24) is 0 Å². The van der Waals surface area contributed by atoms with E-state index in [4.69, 9.17) is 27.0 Å². The number of nitrogens with zero attached hydrogens (tertiary/aromatic N) is 1. The molecule has 0 atom stereocenters. The summed E-state index contributed by atoms with van der Waals surface area (Å²) in [5, 5.41) is 9.04. The summed E-state index contributed by atoms with van der Waals surface area (Å²) in [6.45, 7) is 3.99. The average Bonchev–Trinajstić information content (AvgIpc) is 2.57. The van der Waals surface area contributed by atoms with Crippen LogP contribution in [-0.4, -0.2) is 34.4 Å². The van der Waals surface area contributed by atoms with Crippen LogP contribution in [0.5, 0.6) is 5.75 Å². The Balaban J connectivity index is 2.40. The summed E-state index contributed by atoms with van der Waals surface area (Å²) < 4.78 is 10.5. The third-order valence-corrected chi connectivity index (χ3v) is 4.30. The maximum Gasteiger partial charge on any atom is 0.306 e. The molecule has 24 heavy (non-hydrogen) atoms. The first-order valence-electron chi connectivity index (χ1n) is 7.34. The summed E-state index contributed by atoms with van der Waals surface area (Å²) in [5.74, 6) is 0.221. The molecule has 0 saturated heterocycles. The summed E-state index contributed by atoms with van der Waals surface area (Å²) in [6, 6.07) is 9.40. The normalized spacial score (nSPS) is 10.5. The van der Waals surface area contributed by atoms with Crippen LogP contribution in [0.2, 0.25) is 0 Å². The molecule has 0 unspecified atom stereocenters. The van der Waals surface area contributed by atoms with Crippen LogP contribution in [0, 0.1) is 11.3 Å². The lowest BCUT2D eigenvalue weighted by molar-refractivity contribution is -0.144. The Morgan fingerprint density at radius 2 is 2.00 bits per heavy atom. The quantitative estimate of drug-likeness (QED) is 0.288. The summed E-state index contributed by atoms with van der Waals surface area (Å²) in [6.07, 6.45) is 0.938. The third kappa shape index (κ3) is 7.57. The third-order valence-electron chi connectivity index (χ3n) is 2.79. The number of ether oxygens (including phenoxy) is 2. The second-order valence-corrected chi connectivity index (χ2v) is 7.61. The van der Waals surface area contributed by atoms with Crippen molar-refractivity contribution < 1.29 is 19.1 Å². The van der Waals surface area contributed by atoms with E-state index in [-0.39, 0.29) is 26.1 Å². The van der Waals surface area contributed by atoms with Gasteiger partial charge >= 0.3 is 5.97 Å². The molecule has 0 amide bonds. The number of rotatable bonds is 9. The molecule has 5 nitrogen and oxygen atoms in total. The van der Waals surface area contributed by atoms with Gasteiger partial charge in [0.1, 0.15) is 30.0 Å². The van der Waals surface area contributed by atoms with Gasteiger partial charge < -0.3 is 14.3 Å². The minimum atomic E-state index is -0.569. The number of esters is 1. The van der Waals surface area contributed by atoms with Gasteiger partial charge in [0.15, 0.2) is 0 Å². The molecule has 0 aliphatic heterocycles. The number of thioether (sulfide) groups is 1. The molecule has 0 bridgehead atoms. The van der Waals surface area contributed by atoms with Crippen LogP contribution >= 0.6 is 24.0 Å². The fraction of sp³-hybridized carbons (Fsp3) is 0.412. The van der Waals surface area contributed by atoms with E-state index in [9.17, 15) is 9.59 Å². The molecule has 128 valence electrons. The topological polar surface area (TPSA) is 76.4 Å². The van der Waals surface area contributed by atoms with Gasteiger partial charge in [-0.15, -0.1) is 0 Å². The highest BCUT2D eigenvalue weighted by atomic mass is 32.2. The highest BCUT2D eigenvalue weighted by Crippen LogP contribution is 2.28. The maximum atomic E-state index is 11.2. The van der Waals surface area contributed by atoms with Crippen LogP contribution in [0.3, 0.4) is 0 Å².